The summed E-state index contributed by atoms with van der Waals surface area (Å²) in [5, 5.41) is 78.1. The van der Waals surface area contributed by atoms with E-state index in [0.29, 0.717) is 24.0 Å². The largest absolute Gasteiger partial charge is 0.479 e. The maximum atomic E-state index is 13.3. The molecule has 2 heterocycles. The normalized spacial score (nSPS) is 21.8. The molecule has 12 N–H and O–H groups in total. The van der Waals surface area contributed by atoms with Crippen molar-refractivity contribution < 1.29 is 126 Å². The minimum atomic E-state index is -1.97. The number of amides is 3. The van der Waals surface area contributed by atoms with Crippen molar-refractivity contribution in [3.63, 3.8) is 0 Å². The van der Waals surface area contributed by atoms with Crippen LogP contribution in [-0.4, -0.2) is 223 Å². The molecule has 30 nitrogen and oxygen atoms in total. The van der Waals surface area contributed by atoms with Crippen LogP contribution in [0, 0.1) is 0 Å². The average molecular weight is 1170 g/mol. The lowest BCUT2D eigenvalue weighted by atomic mass is 9.99. The molecule has 3 amide bonds. The standard InChI is InChI=1S/C52H74N4O26/c1-29(57)76-24-31-9-11-39(80-51-46(67)43(64)38(61)26-78-51)33(22-31)36(59)7-4-15-72-18-20-75-28-42(63)56-35(37(60)8-5-16-79-53)6-3-13-54-41(62)27-74-21-19-73-17-14-55-49(69)34-23-32(25-77-30(2)58)10-12-40(34)81-52-47(68)44(65)45(66)48(82-52)50(70)71/h9-12,22-23,35,38,43-48,51-52,61,64-68H,3-8,13-21,24-28,53H2,1-2H3,(H,54,62)(H,55,69)(H,56,63)(H,70,71)/t35-,38+,43-,44-,45-,46+,47+,48-,51-,52+/m0/s1. The van der Waals surface area contributed by atoms with Gasteiger partial charge in [-0.2, -0.15) is 0 Å². The molecule has 0 saturated carbocycles. The molecule has 2 saturated heterocycles. The topological polar surface area (TPSA) is 442 Å². The highest BCUT2D eigenvalue weighted by molar-refractivity contribution is 5.99. The molecule has 2 aliphatic rings. The van der Waals surface area contributed by atoms with Crippen molar-refractivity contribution in [1.82, 2.24) is 16.0 Å². The van der Waals surface area contributed by atoms with Gasteiger partial charge in [-0.25, -0.2) is 10.7 Å². The van der Waals surface area contributed by atoms with Gasteiger partial charge >= 0.3 is 17.9 Å². The molecule has 2 aliphatic heterocycles. The number of esters is 2. The van der Waals surface area contributed by atoms with Crippen molar-refractivity contribution in [3.8, 4) is 11.5 Å². The van der Waals surface area contributed by atoms with Gasteiger partial charge < -0.3 is 104 Å². The number of carbonyl (C=O) groups excluding carboxylic acids is 7. The first-order valence-electron chi connectivity index (χ1n) is 26.2. The second-order valence-electron chi connectivity index (χ2n) is 18.6. The maximum absolute atomic E-state index is 13.3. The fourth-order valence-electron chi connectivity index (χ4n) is 7.80. The lowest BCUT2D eigenvalue weighted by molar-refractivity contribution is -0.271. The number of carbonyl (C=O) groups is 8. The summed E-state index contributed by atoms with van der Waals surface area (Å²) in [4.78, 5) is 104. The van der Waals surface area contributed by atoms with Crippen LogP contribution in [0.2, 0.25) is 0 Å². The number of nitrogens with two attached hydrogens (primary N) is 1. The van der Waals surface area contributed by atoms with Crippen LogP contribution in [0.3, 0.4) is 0 Å². The van der Waals surface area contributed by atoms with E-state index in [1.54, 1.807) is 6.07 Å². The number of aliphatic hydroxyl groups is 6. The Labute approximate surface area is 470 Å². The Balaban J connectivity index is 1.11. The van der Waals surface area contributed by atoms with E-state index < -0.39 is 104 Å². The molecular formula is C52H74N4O26. The lowest BCUT2D eigenvalue weighted by Crippen LogP contribution is -2.61. The Bertz CT molecular complexity index is 2400. The molecule has 2 fully saturated rings. The number of carboxylic acid groups (broad SMARTS) is 1. The minimum absolute atomic E-state index is 0.00450. The zero-order valence-corrected chi connectivity index (χ0v) is 45.3. The summed E-state index contributed by atoms with van der Waals surface area (Å²) in [6.45, 7) is 1.41. The number of aliphatic hydroxyl groups excluding tert-OH is 6. The van der Waals surface area contributed by atoms with Gasteiger partial charge in [0.15, 0.2) is 17.7 Å². The Morgan fingerprint density at radius 2 is 1.20 bits per heavy atom. The third kappa shape index (κ3) is 23.5. The van der Waals surface area contributed by atoms with E-state index in [0.717, 1.165) is 0 Å². The van der Waals surface area contributed by atoms with Gasteiger partial charge in [-0.15, -0.1) is 0 Å². The van der Waals surface area contributed by atoms with Crippen LogP contribution in [0.1, 0.15) is 84.2 Å². The zero-order valence-electron chi connectivity index (χ0n) is 45.3. The van der Waals surface area contributed by atoms with Crippen LogP contribution in [0.4, 0.5) is 0 Å². The fraction of sp³-hybridized carbons (Fsp3) is 0.615. The number of ketones is 2. The van der Waals surface area contributed by atoms with Crippen LogP contribution in [0.5, 0.6) is 11.5 Å². The Hall–Kier alpha value is -6.36. The quantitative estimate of drug-likeness (QED) is 0.0138. The summed E-state index contributed by atoms with van der Waals surface area (Å²) in [7, 11) is 0. The van der Waals surface area contributed by atoms with Gasteiger partial charge in [-0.3, -0.25) is 33.6 Å². The zero-order chi connectivity index (χ0) is 60.1. The van der Waals surface area contributed by atoms with Crippen LogP contribution in [0.15, 0.2) is 36.4 Å². The average Bonchev–Trinajstić information content (AvgIpc) is 3.49. The first-order chi connectivity index (χ1) is 39.2. The molecule has 458 valence electrons. The van der Waals surface area contributed by atoms with E-state index in [1.165, 1.54) is 44.2 Å². The molecule has 82 heavy (non-hydrogen) atoms. The van der Waals surface area contributed by atoms with Gasteiger partial charge in [0.2, 0.25) is 24.4 Å². The molecule has 0 aliphatic carbocycles. The number of benzene rings is 2. The van der Waals surface area contributed by atoms with Crippen LogP contribution in [0.25, 0.3) is 0 Å². The Morgan fingerprint density at radius 3 is 1.83 bits per heavy atom. The SMILES string of the molecule is CC(=O)OCc1ccc(O[C@@H]2OC[C@@H](O)[C@H](O)[C@H]2O)c(C(=O)CCCOCCOCC(=O)N[C@@H](CCCNC(=O)COCCOCCNC(=O)c2cc(COC(C)=O)ccc2O[C@@H]2O[C@H](C(=O)O)[C@@H](O)[C@H](O)[C@H]2O)C(=O)CCCON)c1. The highest BCUT2D eigenvalue weighted by Gasteiger charge is 2.48. The summed E-state index contributed by atoms with van der Waals surface area (Å²) in [5.41, 5.74) is 0.790. The molecule has 0 radical (unpaired) electrons. The molecule has 0 aromatic heterocycles. The summed E-state index contributed by atoms with van der Waals surface area (Å²) in [5.74, 6) is -0.290. The van der Waals surface area contributed by atoms with Crippen LogP contribution in [-0.2, 0) is 84.7 Å². The number of hydrogen-bond donors (Lipinski definition) is 11. The number of hydrogen-bond acceptors (Lipinski definition) is 26. The molecule has 10 atom stereocenters. The number of Topliss-reactive ketones (excluding diaryl/α,β-unsaturated/α-hetero) is 2. The smallest absolute Gasteiger partial charge is 0.335 e. The van der Waals surface area contributed by atoms with E-state index in [9.17, 15) is 74.1 Å². The molecule has 2 aromatic rings. The van der Waals surface area contributed by atoms with E-state index in [4.69, 9.17) is 53.3 Å². The highest BCUT2D eigenvalue weighted by Crippen LogP contribution is 2.30. The molecule has 30 heteroatoms. The second kappa shape index (κ2) is 36.3. The minimum Gasteiger partial charge on any atom is -0.479 e. The first-order valence-corrected chi connectivity index (χ1v) is 26.2. The number of rotatable bonds is 38. The van der Waals surface area contributed by atoms with Gasteiger partial charge in [0.05, 0.1) is 63.4 Å². The van der Waals surface area contributed by atoms with Crippen molar-refractivity contribution in [2.24, 2.45) is 5.90 Å². The first kappa shape index (κ1) is 68.1. The van der Waals surface area contributed by atoms with Gasteiger partial charge in [0.1, 0.15) is 74.6 Å². The third-order valence-corrected chi connectivity index (χ3v) is 12.1. The predicted octanol–water partition coefficient (Wildman–Crippen LogP) is -3.02. The van der Waals surface area contributed by atoms with Gasteiger partial charge in [-0.1, -0.05) is 12.1 Å². The lowest BCUT2D eigenvalue weighted by Gasteiger charge is -2.38. The van der Waals surface area contributed by atoms with Crippen molar-refractivity contribution in [3.05, 3.63) is 58.7 Å². The van der Waals surface area contributed by atoms with Crippen molar-refractivity contribution in [2.45, 2.75) is 127 Å². The fourth-order valence-corrected chi connectivity index (χ4v) is 7.80. The van der Waals surface area contributed by atoms with Gasteiger partial charge in [0, 0.05) is 46.4 Å². The highest BCUT2D eigenvalue weighted by atomic mass is 16.7. The van der Waals surface area contributed by atoms with E-state index in [-0.39, 0.29) is 146 Å². The summed E-state index contributed by atoms with van der Waals surface area (Å²) >= 11 is 0. The molecule has 0 bridgehead atoms. The summed E-state index contributed by atoms with van der Waals surface area (Å²) < 4.78 is 53.7. The Kier molecular flexibility index (Phi) is 30.1. The number of nitrogens with one attached hydrogen (secondary N) is 3. The molecule has 2 aromatic carbocycles. The van der Waals surface area contributed by atoms with Crippen LogP contribution < -0.4 is 31.3 Å². The summed E-state index contributed by atoms with van der Waals surface area (Å²) in [6.07, 6.45) is -14.4. The molecule has 0 spiro atoms. The number of carboxylic acids is 1. The number of ether oxygens (including phenoxy) is 10. The number of aliphatic carboxylic acids is 1. The monoisotopic (exact) mass is 1170 g/mol. The van der Waals surface area contributed by atoms with Crippen molar-refractivity contribution in [1.29, 1.82) is 0 Å². The van der Waals surface area contributed by atoms with E-state index in [2.05, 4.69) is 20.8 Å². The molecule has 0 unspecified atom stereocenters. The maximum Gasteiger partial charge on any atom is 0.335 e. The molecule has 4 rings (SSSR count). The van der Waals surface area contributed by atoms with Gasteiger partial charge in [0.25, 0.3) is 5.91 Å². The predicted molar refractivity (Wildman–Crippen MR) is 275 cm³/mol. The van der Waals surface area contributed by atoms with E-state index >= 15 is 0 Å². The van der Waals surface area contributed by atoms with Crippen molar-refractivity contribution in [2.75, 3.05) is 79.2 Å². The second-order valence-corrected chi connectivity index (χ2v) is 18.6. The summed E-state index contributed by atoms with van der Waals surface area (Å²) in [6, 6.07) is 7.57. The Morgan fingerprint density at radius 1 is 0.622 bits per heavy atom. The van der Waals surface area contributed by atoms with E-state index in [1.807, 2.05) is 0 Å². The third-order valence-electron chi connectivity index (χ3n) is 12.1. The van der Waals surface area contributed by atoms with Gasteiger partial charge in [-0.05, 0) is 61.1 Å². The van der Waals surface area contributed by atoms with Crippen LogP contribution >= 0.6 is 0 Å². The molecular weight excluding hydrogens is 1100 g/mol. The van der Waals surface area contributed by atoms with Crippen molar-refractivity contribution >= 4 is 47.2 Å².